The number of carbonyl (C=O) groups excluding carboxylic acids is 1. The molecule has 5 heteroatoms. The van der Waals surface area contributed by atoms with Gasteiger partial charge in [0, 0.05) is 10.5 Å². The summed E-state index contributed by atoms with van der Waals surface area (Å²) in [6, 6.07) is 7.00. The second-order valence-electron chi connectivity index (χ2n) is 2.96. The van der Waals surface area contributed by atoms with Crippen LogP contribution in [-0.2, 0) is 0 Å². The molecule has 2 nitrogen and oxygen atoms in total. The molecule has 0 spiro atoms. The molecule has 1 aliphatic rings. The van der Waals surface area contributed by atoms with Crippen LogP contribution in [0.1, 0.15) is 10.4 Å². The molecule has 0 radical (unpaired) electrons. The van der Waals surface area contributed by atoms with E-state index >= 15 is 0 Å². The predicted octanol–water partition coefficient (Wildman–Crippen LogP) is 2.64. The Morgan fingerprint density at radius 3 is 2.73 bits per heavy atom. The first-order valence-corrected chi connectivity index (χ1v) is 5.14. The molecule has 1 aliphatic heterocycles. The van der Waals surface area contributed by atoms with E-state index in [1.165, 1.54) is 0 Å². The number of rotatable bonds is 2. The molecule has 1 heterocycles. The Labute approximate surface area is 89.4 Å². The third-order valence-electron chi connectivity index (χ3n) is 1.91. The van der Waals surface area contributed by atoms with Crippen molar-refractivity contribution in [1.29, 1.82) is 0 Å². The van der Waals surface area contributed by atoms with Crippen LogP contribution in [0.3, 0.4) is 0 Å². The standard InChI is InChI=1S/C10H7F2NOS/c11-8(12)5-13-10-9(14)6-3-1-2-4-7(6)15-10/h1-4,8H,5H2/b13-10-. The molecule has 2 rings (SSSR count). The van der Waals surface area contributed by atoms with E-state index in [1.807, 2.05) is 0 Å². The van der Waals surface area contributed by atoms with Gasteiger partial charge in [-0.15, -0.1) is 0 Å². The number of ketones is 1. The normalized spacial score (nSPS) is 17.5. The van der Waals surface area contributed by atoms with Gasteiger partial charge in [-0.25, -0.2) is 8.78 Å². The lowest BCUT2D eigenvalue weighted by Crippen LogP contribution is -2.07. The molecule has 1 aromatic rings. The molecular formula is C10H7F2NOS. The molecule has 0 bridgehead atoms. The zero-order chi connectivity index (χ0) is 10.8. The average Bonchev–Trinajstić information content (AvgIpc) is 2.54. The molecule has 0 N–H and O–H groups in total. The van der Waals surface area contributed by atoms with E-state index in [0.717, 1.165) is 16.7 Å². The number of halogens is 2. The van der Waals surface area contributed by atoms with Crippen molar-refractivity contribution in [2.45, 2.75) is 11.3 Å². The zero-order valence-electron chi connectivity index (χ0n) is 7.61. The smallest absolute Gasteiger partial charge is 0.257 e. The van der Waals surface area contributed by atoms with Crippen LogP contribution in [0.15, 0.2) is 34.2 Å². The monoisotopic (exact) mass is 227 g/mol. The minimum atomic E-state index is -2.50. The van der Waals surface area contributed by atoms with Crippen molar-refractivity contribution < 1.29 is 13.6 Å². The number of nitrogens with zero attached hydrogens (tertiary/aromatic N) is 1. The molecule has 0 amide bonds. The number of carbonyl (C=O) groups is 1. The molecule has 0 aliphatic carbocycles. The van der Waals surface area contributed by atoms with Gasteiger partial charge in [0.15, 0.2) is 0 Å². The van der Waals surface area contributed by atoms with E-state index < -0.39 is 13.0 Å². The molecule has 0 aromatic heterocycles. The maximum Gasteiger partial charge on any atom is 0.257 e. The summed E-state index contributed by atoms with van der Waals surface area (Å²) in [4.78, 5) is 16.0. The SMILES string of the molecule is O=C1/C(=N/CC(F)F)Sc2ccccc21. The van der Waals surface area contributed by atoms with E-state index in [-0.39, 0.29) is 10.8 Å². The number of hydrogen-bond acceptors (Lipinski definition) is 3. The molecular weight excluding hydrogens is 220 g/mol. The second kappa shape index (κ2) is 4.10. The summed E-state index contributed by atoms with van der Waals surface area (Å²) < 4.78 is 23.8. The van der Waals surface area contributed by atoms with E-state index in [4.69, 9.17) is 0 Å². The van der Waals surface area contributed by atoms with Crippen LogP contribution in [0, 0.1) is 0 Å². The Kier molecular flexibility index (Phi) is 2.81. The maximum absolute atomic E-state index is 11.9. The van der Waals surface area contributed by atoms with E-state index in [2.05, 4.69) is 4.99 Å². The van der Waals surface area contributed by atoms with Crippen molar-refractivity contribution in [2.75, 3.05) is 6.54 Å². The highest BCUT2D eigenvalue weighted by Gasteiger charge is 2.26. The highest BCUT2D eigenvalue weighted by Crippen LogP contribution is 2.33. The van der Waals surface area contributed by atoms with Gasteiger partial charge >= 0.3 is 0 Å². The maximum atomic E-state index is 11.9. The lowest BCUT2D eigenvalue weighted by atomic mass is 10.1. The van der Waals surface area contributed by atoms with Gasteiger partial charge in [-0.3, -0.25) is 9.79 Å². The summed E-state index contributed by atoms with van der Waals surface area (Å²) in [7, 11) is 0. The molecule has 0 saturated heterocycles. The summed E-state index contributed by atoms with van der Waals surface area (Å²) in [5.41, 5.74) is 0.551. The van der Waals surface area contributed by atoms with Crippen LogP contribution >= 0.6 is 11.8 Å². The fraction of sp³-hybridized carbons (Fsp3) is 0.200. The number of thioether (sulfide) groups is 1. The molecule has 0 fully saturated rings. The van der Waals surface area contributed by atoms with E-state index in [0.29, 0.717) is 5.56 Å². The van der Waals surface area contributed by atoms with Gasteiger partial charge in [0.25, 0.3) is 6.43 Å². The summed E-state index contributed by atoms with van der Waals surface area (Å²) in [5.74, 6) is -0.253. The van der Waals surface area contributed by atoms with Gasteiger partial charge in [-0.2, -0.15) is 0 Å². The highest BCUT2D eigenvalue weighted by atomic mass is 32.2. The minimum Gasteiger partial charge on any atom is -0.286 e. The number of benzene rings is 1. The molecule has 1 aromatic carbocycles. The Morgan fingerprint density at radius 2 is 2.07 bits per heavy atom. The summed E-state index contributed by atoms with van der Waals surface area (Å²) in [6.45, 7) is -0.609. The molecule has 0 saturated carbocycles. The first-order valence-electron chi connectivity index (χ1n) is 4.32. The first kappa shape index (κ1) is 10.3. The van der Waals surface area contributed by atoms with Gasteiger partial charge in [0.2, 0.25) is 5.78 Å². The van der Waals surface area contributed by atoms with Gasteiger partial charge in [-0.1, -0.05) is 23.9 Å². The second-order valence-corrected chi connectivity index (χ2v) is 3.99. The van der Waals surface area contributed by atoms with Crippen molar-refractivity contribution in [2.24, 2.45) is 4.99 Å². The molecule has 78 valence electrons. The number of fused-ring (bicyclic) bond motifs is 1. The van der Waals surface area contributed by atoms with E-state index in [9.17, 15) is 13.6 Å². The third kappa shape index (κ3) is 2.07. The Morgan fingerprint density at radius 1 is 1.33 bits per heavy atom. The van der Waals surface area contributed by atoms with Crippen LogP contribution < -0.4 is 0 Å². The number of aliphatic imine (C=N–C) groups is 1. The first-order chi connectivity index (χ1) is 7.18. The number of hydrogen-bond donors (Lipinski definition) is 0. The van der Waals surface area contributed by atoms with Gasteiger partial charge in [-0.05, 0) is 12.1 Å². The van der Waals surface area contributed by atoms with E-state index in [1.54, 1.807) is 24.3 Å². The van der Waals surface area contributed by atoms with Crippen molar-refractivity contribution in [1.82, 2.24) is 0 Å². The van der Waals surface area contributed by atoms with Crippen LogP contribution in [0.2, 0.25) is 0 Å². The topological polar surface area (TPSA) is 29.4 Å². The van der Waals surface area contributed by atoms with Crippen LogP contribution in [0.4, 0.5) is 8.78 Å². The minimum absolute atomic E-state index is 0.163. The van der Waals surface area contributed by atoms with Crippen LogP contribution in [-0.4, -0.2) is 23.8 Å². The van der Waals surface area contributed by atoms with Gasteiger partial charge in [0.1, 0.15) is 11.6 Å². The summed E-state index contributed by atoms with van der Waals surface area (Å²) in [5, 5.41) is 0.163. The van der Waals surface area contributed by atoms with Crippen molar-refractivity contribution in [3.63, 3.8) is 0 Å². The quantitative estimate of drug-likeness (QED) is 0.777. The van der Waals surface area contributed by atoms with Gasteiger partial charge < -0.3 is 0 Å². The molecule has 15 heavy (non-hydrogen) atoms. The molecule has 0 unspecified atom stereocenters. The fourth-order valence-corrected chi connectivity index (χ4v) is 2.23. The fourth-order valence-electron chi connectivity index (χ4n) is 1.26. The summed E-state index contributed by atoms with van der Waals surface area (Å²) >= 11 is 1.15. The highest BCUT2D eigenvalue weighted by molar-refractivity contribution is 8.16. The average molecular weight is 227 g/mol. The van der Waals surface area contributed by atoms with Crippen molar-refractivity contribution >= 4 is 22.6 Å². The number of alkyl halides is 2. The van der Waals surface area contributed by atoms with Gasteiger partial charge in [0.05, 0.1) is 0 Å². The Balaban J connectivity index is 2.24. The van der Waals surface area contributed by atoms with Crippen molar-refractivity contribution in [3.05, 3.63) is 29.8 Å². The third-order valence-corrected chi connectivity index (χ3v) is 2.99. The van der Waals surface area contributed by atoms with Crippen molar-refractivity contribution in [3.8, 4) is 0 Å². The summed E-state index contributed by atoms with van der Waals surface area (Å²) in [6.07, 6.45) is -2.50. The predicted molar refractivity (Wildman–Crippen MR) is 54.9 cm³/mol. The lowest BCUT2D eigenvalue weighted by Gasteiger charge is -1.93. The Hall–Kier alpha value is -1.23. The van der Waals surface area contributed by atoms with Crippen LogP contribution in [0.5, 0.6) is 0 Å². The Bertz CT molecular complexity index is 431. The van der Waals surface area contributed by atoms with Crippen LogP contribution in [0.25, 0.3) is 0 Å². The molecule has 0 atom stereocenters. The lowest BCUT2D eigenvalue weighted by molar-refractivity contribution is 0.106. The largest absolute Gasteiger partial charge is 0.286 e. The zero-order valence-corrected chi connectivity index (χ0v) is 8.43. The number of Topliss-reactive ketones (excluding diaryl/α,β-unsaturated/α-hetero) is 1.